The van der Waals surface area contributed by atoms with Crippen LogP contribution in [0.2, 0.25) is 0 Å². The van der Waals surface area contributed by atoms with Crippen LogP contribution in [-0.2, 0) is 11.3 Å². The van der Waals surface area contributed by atoms with Gasteiger partial charge in [-0.05, 0) is 18.3 Å². The molecule has 18 heavy (non-hydrogen) atoms. The summed E-state index contributed by atoms with van der Waals surface area (Å²) in [6.07, 6.45) is -0.918. The second-order valence-corrected chi connectivity index (χ2v) is 3.92. The van der Waals surface area contributed by atoms with Gasteiger partial charge in [-0.1, -0.05) is 0 Å². The molecular weight excluding hydrogens is 264 g/mol. The Labute approximate surface area is 105 Å². The summed E-state index contributed by atoms with van der Waals surface area (Å²) >= 11 is 4.98. The largest absolute Gasteiger partial charge is 0.448 e. The standard InChI is InChI=1S/C10H9F2N3O2S/c11-5-3-6(12)8-7(4-5)15(10(18)14-8)1-2-17-9(13)16/h3-4H,1-2H2,(H2,13,16)(H,14,18). The summed E-state index contributed by atoms with van der Waals surface area (Å²) < 4.78 is 32.8. The molecule has 0 unspecified atom stereocenters. The number of amides is 1. The minimum Gasteiger partial charge on any atom is -0.448 e. The predicted molar refractivity (Wildman–Crippen MR) is 62.6 cm³/mol. The molecule has 0 aliphatic carbocycles. The minimum absolute atomic E-state index is 0.0330. The van der Waals surface area contributed by atoms with Gasteiger partial charge in [-0.2, -0.15) is 0 Å². The number of nitrogens with one attached hydrogen (secondary N) is 1. The van der Waals surface area contributed by atoms with Gasteiger partial charge in [-0.25, -0.2) is 13.6 Å². The molecule has 0 fully saturated rings. The average molecular weight is 273 g/mol. The lowest BCUT2D eigenvalue weighted by Crippen LogP contribution is -2.16. The zero-order chi connectivity index (χ0) is 13.3. The highest BCUT2D eigenvalue weighted by molar-refractivity contribution is 7.71. The summed E-state index contributed by atoms with van der Waals surface area (Å²) in [5, 5.41) is 0. The topological polar surface area (TPSA) is 73.0 Å². The molecule has 0 saturated carbocycles. The Balaban J connectivity index is 2.40. The molecule has 0 atom stereocenters. The normalized spacial score (nSPS) is 10.8. The van der Waals surface area contributed by atoms with Crippen molar-refractivity contribution in [2.75, 3.05) is 6.61 Å². The fourth-order valence-corrected chi connectivity index (χ4v) is 1.93. The van der Waals surface area contributed by atoms with Crippen LogP contribution in [0.3, 0.4) is 0 Å². The van der Waals surface area contributed by atoms with Crippen LogP contribution < -0.4 is 5.73 Å². The number of rotatable bonds is 3. The molecule has 0 aliphatic rings. The number of imidazole rings is 1. The molecule has 0 aliphatic heterocycles. The maximum Gasteiger partial charge on any atom is 0.404 e. The van der Waals surface area contributed by atoms with Gasteiger partial charge in [-0.15, -0.1) is 0 Å². The van der Waals surface area contributed by atoms with Crippen LogP contribution in [0.15, 0.2) is 12.1 Å². The van der Waals surface area contributed by atoms with Gasteiger partial charge in [0, 0.05) is 6.07 Å². The zero-order valence-corrected chi connectivity index (χ0v) is 9.89. The third-order valence-corrected chi connectivity index (χ3v) is 2.68. The Morgan fingerprint density at radius 3 is 2.89 bits per heavy atom. The monoisotopic (exact) mass is 273 g/mol. The van der Waals surface area contributed by atoms with Crippen molar-refractivity contribution in [3.05, 3.63) is 28.5 Å². The Bertz CT molecular complexity index is 665. The number of aromatic nitrogens is 2. The molecule has 1 heterocycles. The number of hydrogen-bond donors (Lipinski definition) is 2. The summed E-state index contributed by atoms with van der Waals surface area (Å²) in [5.74, 6) is -1.44. The SMILES string of the molecule is NC(=O)OCCn1c(=S)[nH]c2c(F)cc(F)cc21. The summed E-state index contributed by atoms with van der Waals surface area (Å²) in [5.41, 5.74) is 5.19. The molecule has 0 radical (unpaired) electrons. The van der Waals surface area contributed by atoms with E-state index in [0.29, 0.717) is 0 Å². The highest BCUT2D eigenvalue weighted by Crippen LogP contribution is 2.19. The molecule has 0 saturated heterocycles. The van der Waals surface area contributed by atoms with Gasteiger partial charge >= 0.3 is 6.09 Å². The Hall–Kier alpha value is -1.96. The van der Waals surface area contributed by atoms with Gasteiger partial charge in [0.1, 0.15) is 17.9 Å². The second-order valence-electron chi connectivity index (χ2n) is 3.53. The van der Waals surface area contributed by atoms with E-state index in [0.717, 1.165) is 12.1 Å². The fourth-order valence-electron chi connectivity index (χ4n) is 1.64. The summed E-state index contributed by atoms with van der Waals surface area (Å²) in [4.78, 5) is 13.0. The number of halogens is 2. The van der Waals surface area contributed by atoms with Crippen molar-refractivity contribution in [1.29, 1.82) is 0 Å². The molecule has 0 bridgehead atoms. The summed E-state index contributed by atoms with van der Waals surface area (Å²) in [7, 11) is 0. The number of fused-ring (bicyclic) bond motifs is 1. The van der Waals surface area contributed by atoms with Crippen molar-refractivity contribution in [2.24, 2.45) is 5.73 Å². The van der Waals surface area contributed by atoms with Crippen molar-refractivity contribution in [1.82, 2.24) is 9.55 Å². The summed E-state index contributed by atoms with van der Waals surface area (Å²) in [6.45, 7) is 0.124. The van der Waals surface area contributed by atoms with E-state index in [1.165, 1.54) is 4.57 Å². The number of aromatic amines is 1. The fraction of sp³-hybridized carbons (Fsp3) is 0.200. The first-order valence-corrected chi connectivity index (χ1v) is 5.39. The Kier molecular flexibility index (Phi) is 3.28. The van der Waals surface area contributed by atoms with Crippen molar-refractivity contribution >= 4 is 29.3 Å². The first-order valence-electron chi connectivity index (χ1n) is 4.99. The van der Waals surface area contributed by atoms with E-state index in [2.05, 4.69) is 9.72 Å². The van der Waals surface area contributed by atoms with Crippen LogP contribution in [0.5, 0.6) is 0 Å². The quantitative estimate of drug-likeness (QED) is 0.841. The van der Waals surface area contributed by atoms with E-state index in [9.17, 15) is 13.6 Å². The predicted octanol–water partition coefficient (Wildman–Crippen LogP) is 2.07. The van der Waals surface area contributed by atoms with Gasteiger partial charge < -0.3 is 20.0 Å². The smallest absolute Gasteiger partial charge is 0.404 e. The van der Waals surface area contributed by atoms with Gasteiger partial charge in [0.15, 0.2) is 10.6 Å². The first kappa shape index (κ1) is 12.5. The second kappa shape index (κ2) is 4.73. The van der Waals surface area contributed by atoms with Gasteiger partial charge in [0.05, 0.1) is 12.1 Å². The highest BCUT2D eigenvalue weighted by Gasteiger charge is 2.11. The Morgan fingerprint density at radius 2 is 2.22 bits per heavy atom. The van der Waals surface area contributed by atoms with E-state index >= 15 is 0 Å². The molecule has 5 nitrogen and oxygen atoms in total. The van der Waals surface area contributed by atoms with Crippen molar-refractivity contribution in [2.45, 2.75) is 6.54 Å². The molecule has 8 heteroatoms. The number of nitrogens with two attached hydrogens (primary N) is 1. The van der Waals surface area contributed by atoms with E-state index in [1.807, 2.05) is 0 Å². The molecule has 96 valence electrons. The van der Waals surface area contributed by atoms with Crippen molar-refractivity contribution in [3.63, 3.8) is 0 Å². The molecule has 1 aromatic carbocycles. The van der Waals surface area contributed by atoms with Crippen LogP contribution in [0.25, 0.3) is 11.0 Å². The summed E-state index contributed by atoms with van der Waals surface area (Å²) in [6, 6.07) is 1.91. The van der Waals surface area contributed by atoms with E-state index in [-0.39, 0.29) is 29.0 Å². The highest BCUT2D eigenvalue weighted by atomic mass is 32.1. The molecule has 1 amide bonds. The molecule has 2 aromatic rings. The van der Waals surface area contributed by atoms with Crippen molar-refractivity contribution in [3.8, 4) is 0 Å². The van der Waals surface area contributed by atoms with Gasteiger partial charge in [-0.3, -0.25) is 0 Å². The molecule has 3 N–H and O–H groups in total. The number of H-pyrrole nitrogens is 1. The van der Waals surface area contributed by atoms with E-state index in [1.54, 1.807) is 0 Å². The lowest BCUT2D eigenvalue weighted by molar-refractivity contribution is 0.152. The van der Waals surface area contributed by atoms with Gasteiger partial charge in [0.2, 0.25) is 0 Å². The third kappa shape index (κ3) is 2.33. The number of primary amides is 1. The maximum absolute atomic E-state index is 13.5. The van der Waals surface area contributed by atoms with Crippen LogP contribution in [0.1, 0.15) is 0 Å². The van der Waals surface area contributed by atoms with E-state index < -0.39 is 17.7 Å². The first-order chi connectivity index (χ1) is 8.49. The number of nitrogens with zero attached hydrogens (tertiary/aromatic N) is 1. The lowest BCUT2D eigenvalue weighted by Gasteiger charge is -2.04. The van der Waals surface area contributed by atoms with Crippen molar-refractivity contribution < 1.29 is 18.3 Å². The number of carbonyl (C=O) groups is 1. The molecule has 2 rings (SSSR count). The van der Waals surface area contributed by atoms with Crippen LogP contribution in [-0.4, -0.2) is 22.3 Å². The number of ether oxygens (including phenoxy) is 1. The van der Waals surface area contributed by atoms with Crippen LogP contribution in [0.4, 0.5) is 13.6 Å². The zero-order valence-electron chi connectivity index (χ0n) is 9.07. The third-order valence-electron chi connectivity index (χ3n) is 2.36. The Morgan fingerprint density at radius 1 is 1.50 bits per heavy atom. The van der Waals surface area contributed by atoms with Gasteiger partial charge in [0.25, 0.3) is 0 Å². The van der Waals surface area contributed by atoms with E-state index in [4.69, 9.17) is 18.0 Å². The van der Waals surface area contributed by atoms with Crippen LogP contribution in [0, 0.1) is 16.4 Å². The lowest BCUT2D eigenvalue weighted by atomic mass is 10.3. The molecule has 1 aromatic heterocycles. The molecular formula is C10H9F2N3O2S. The van der Waals surface area contributed by atoms with Crippen LogP contribution >= 0.6 is 12.2 Å². The number of carbonyl (C=O) groups excluding carboxylic acids is 1. The average Bonchev–Trinajstić information content (AvgIpc) is 2.56. The maximum atomic E-state index is 13.5. The molecule has 0 spiro atoms. The number of benzene rings is 1. The minimum atomic E-state index is -0.918. The number of hydrogen-bond acceptors (Lipinski definition) is 3.